The summed E-state index contributed by atoms with van der Waals surface area (Å²) in [6, 6.07) is 9.64. The molecule has 0 aliphatic carbocycles. The summed E-state index contributed by atoms with van der Waals surface area (Å²) in [7, 11) is 1.55. The average molecular weight is 350 g/mol. The second-order valence-electron chi connectivity index (χ2n) is 5.31. The Balaban J connectivity index is 0.00000192. The van der Waals surface area contributed by atoms with E-state index in [9.17, 15) is 5.11 Å². The Hall–Kier alpha value is -1.98. The number of halogens is 1. The van der Waals surface area contributed by atoms with Crippen LogP contribution in [0.25, 0.3) is 10.2 Å². The van der Waals surface area contributed by atoms with Crippen molar-refractivity contribution in [2.45, 2.75) is 20.4 Å². The molecule has 1 heterocycles. The molecule has 122 valence electrons. The van der Waals surface area contributed by atoms with Crippen molar-refractivity contribution in [2.24, 2.45) is 0 Å². The predicted molar refractivity (Wildman–Crippen MR) is 91.1 cm³/mol. The van der Waals surface area contributed by atoms with Crippen LogP contribution in [0.3, 0.4) is 0 Å². The topological polar surface area (TPSA) is 54.4 Å². The van der Waals surface area contributed by atoms with Crippen LogP contribution < -0.4 is 22.5 Å². The molecule has 2 N–H and O–H groups in total. The lowest BCUT2D eigenvalue weighted by molar-refractivity contribution is -0.00000570. The lowest BCUT2D eigenvalue weighted by Crippen LogP contribution is -3.00. The highest BCUT2D eigenvalue weighted by atomic mass is 35.5. The van der Waals surface area contributed by atoms with E-state index in [4.69, 9.17) is 4.74 Å². The van der Waals surface area contributed by atoms with Crippen LogP contribution in [-0.4, -0.2) is 17.2 Å². The molecule has 3 rings (SSSR count). The summed E-state index contributed by atoms with van der Waals surface area (Å²) in [4.78, 5) is 4.66. The molecule has 0 amide bonds. The zero-order valence-electron chi connectivity index (χ0n) is 13.2. The van der Waals surface area contributed by atoms with E-state index < -0.39 is 0 Å². The SMILES string of the molecule is COc1cc(CNc2nc3c(C)cc(C)cc3s2)ccc1O.[Cl-]. The molecule has 0 aliphatic heterocycles. The first kappa shape index (κ1) is 17.4. The number of methoxy groups -OCH3 is 1. The lowest BCUT2D eigenvalue weighted by Gasteiger charge is -2.07. The van der Waals surface area contributed by atoms with Crippen molar-refractivity contribution in [2.75, 3.05) is 12.4 Å². The van der Waals surface area contributed by atoms with Gasteiger partial charge in [0, 0.05) is 6.54 Å². The third-order valence-electron chi connectivity index (χ3n) is 3.52. The normalized spacial score (nSPS) is 10.4. The number of phenols is 1. The fourth-order valence-corrected chi connectivity index (χ4v) is 3.49. The van der Waals surface area contributed by atoms with E-state index in [1.54, 1.807) is 24.5 Å². The second kappa shape index (κ2) is 7.06. The molecule has 0 aliphatic rings. The number of benzene rings is 2. The molecule has 4 nitrogen and oxygen atoms in total. The van der Waals surface area contributed by atoms with Crippen LogP contribution >= 0.6 is 11.3 Å². The zero-order chi connectivity index (χ0) is 15.7. The summed E-state index contributed by atoms with van der Waals surface area (Å²) in [5.41, 5.74) is 4.54. The van der Waals surface area contributed by atoms with E-state index in [1.165, 1.54) is 15.8 Å². The first-order valence-electron chi connectivity index (χ1n) is 7.04. The lowest BCUT2D eigenvalue weighted by atomic mass is 10.1. The average Bonchev–Trinajstić information content (AvgIpc) is 2.89. The highest BCUT2D eigenvalue weighted by Gasteiger charge is 2.08. The van der Waals surface area contributed by atoms with E-state index in [1.807, 2.05) is 12.1 Å². The van der Waals surface area contributed by atoms with Crippen molar-refractivity contribution in [1.82, 2.24) is 4.98 Å². The Kier molecular flexibility index (Phi) is 5.34. The fraction of sp³-hybridized carbons (Fsp3) is 0.235. The maximum Gasteiger partial charge on any atom is 0.184 e. The minimum absolute atomic E-state index is 0. The minimum atomic E-state index is 0. The molecule has 23 heavy (non-hydrogen) atoms. The predicted octanol–water partition coefficient (Wildman–Crippen LogP) is 1.24. The number of anilines is 1. The number of phenolic OH excluding ortho intramolecular Hbond substituents is 1. The number of hydrogen-bond donors (Lipinski definition) is 2. The van der Waals surface area contributed by atoms with Gasteiger partial charge in [-0.15, -0.1) is 0 Å². The molecule has 0 spiro atoms. The molecule has 6 heteroatoms. The van der Waals surface area contributed by atoms with Gasteiger partial charge in [-0.3, -0.25) is 0 Å². The number of aromatic hydroxyl groups is 1. The van der Waals surface area contributed by atoms with Crippen LogP contribution in [0.15, 0.2) is 30.3 Å². The molecular formula is C17H18ClN2O2S-. The smallest absolute Gasteiger partial charge is 0.184 e. The van der Waals surface area contributed by atoms with Crippen molar-refractivity contribution >= 4 is 26.7 Å². The molecular weight excluding hydrogens is 332 g/mol. The first-order valence-corrected chi connectivity index (χ1v) is 7.86. The number of aromatic nitrogens is 1. The van der Waals surface area contributed by atoms with Crippen LogP contribution in [0.1, 0.15) is 16.7 Å². The molecule has 0 saturated heterocycles. The Morgan fingerprint density at radius 2 is 2.00 bits per heavy atom. The van der Waals surface area contributed by atoms with Crippen LogP contribution in [0.2, 0.25) is 0 Å². The number of nitrogens with one attached hydrogen (secondary N) is 1. The van der Waals surface area contributed by atoms with Gasteiger partial charge < -0.3 is 27.6 Å². The summed E-state index contributed by atoms with van der Waals surface area (Å²) in [6.45, 7) is 4.82. The molecule has 0 fully saturated rings. The molecule has 0 saturated carbocycles. The largest absolute Gasteiger partial charge is 1.00 e. The number of hydrogen-bond acceptors (Lipinski definition) is 5. The number of aryl methyl sites for hydroxylation is 2. The monoisotopic (exact) mass is 349 g/mol. The third kappa shape index (κ3) is 3.68. The van der Waals surface area contributed by atoms with Crippen LogP contribution in [0.4, 0.5) is 5.13 Å². The van der Waals surface area contributed by atoms with Crippen molar-refractivity contribution < 1.29 is 22.3 Å². The van der Waals surface area contributed by atoms with Crippen molar-refractivity contribution in [3.8, 4) is 11.5 Å². The van der Waals surface area contributed by atoms with Crippen LogP contribution in [0.5, 0.6) is 11.5 Å². The summed E-state index contributed by atoms with van der Waals surface area (Å²) in [5, 5.41) is 13.9. The standard InChI is InChI=1S/C17H18N2O2S.ClH/c1-10-6-11(2)16-15(7-10)22-17(19-16)18-9-12-4-5-13(20)14(8-12)21-3;/h4-8,20H,9H2,1-3H3,(H,18,19);1H/p-1. The highest BCUT2D eigenvalue weighted by molar-refractivity contribution is 7.22. The number of rotatable bonds is 4. The van der Waals surface area contributed by atoms with Gasteiger partial charge in [0.1, 0.15) is 0 Å². The Bertz CT molecular complexity index is 833. The van der Waals surface area contributed by atoms with Gasteiger partial charge in [-0.1, -0.05) is 23.5 Å². The molecule has 2 aromatic carbocycles. The quantitative estimate of drug-likeness (QED) is 0.744. The Morgan fingerprint density at radius 1 is 1.22 bits per heavy atom. The maximum absolute atomic E-state index is 9.62. The van der Waals surface area contributed by atoms with Gasteiger partial charge in [0.2, 0.25) is 0 Å². The Morgan fingerprint density at radius 3 is 2.74 bits per heavy atom. The third-order valence-corrected chi connectivity index (χ3v) is 4.48. The number of fused-ring (bicyclic) bond motifs is 1. The molecule has 0 radical (unpaired) electrons. The van der Waals surface area contributed by atoms with E-state index in [0.29, 0.717) is 12.3 Å². The number of nitrogens with zero attached hydrogens (tertiary/aromatic N) is 1. The van der Waals surface area contributed by atoms with Crippen molar-refractivity contribution in [3.05, 3.63) is 47.0 Å². The van der Waals surface area contributed by atoms with E-state index in [2.05, 4.69) is 36.3 Å². The van der Waals surface area contributed by atoms with Gasteiger partial charge in [-0.05, 0) is 48.7 Å². The van der Waals surface area contributed by atoms with E-state index >= 15 is 0 Å². The summed E-state index contributed by atoms with van der Waals surface area (Å²) in [5.74, 6) is 0.632. The molecule has 0 unspecified atom stereocenters. The van der Waals surface area contributed by atoms with Gasteiger partial charge in [0.25, 0.3) is 0 Å². The number of thiazole rings is 1. The first-order chi connectivity index (χ1) is 10.6. The fourth-order valence-electron chi connectivity index (χ4n) is 2.46. The zero-order valence-corrected chi connectivity index (χ0v) is 14.8. The number of ether oxygens (including phenoxy) is 1. The van der Waals surface area contributed by atoms with Crippen molar-refractivity contribution in [1.29, 1.82) is 0 Å². The van der Waals surface area contributed by atoms with Gasteiger partial charge in [-0.2, -0.15) is 0 Å². The Labute approximate surface area is 145 Å². The molecule has 3 aromatic rings. The highest BCUT2D eigenvalue weighted by Crippen LogP contribution is 2.30. The summed E-state index contributed by atoms with van der Waals surface area (Å²) >= 11 is 1.66. The van der Waals surface area contributed by atoms with Gasteiger partial charge in [0.05, 0.1) is 17.3 Å². The van der Waals surface area contributed by atoms with Crippen molar-refractivity contribution in [3.63, 3.8) is 0 Å². The van der Waals surface area contributed by atoms with Gasteiger partial charge in [-0.25, -0.2) is 4.98 Å². The van der Waals surface area contributed by atoms with Crippen LogP contribution in [-0.2, 0) is 6.54 Å². The molecule has 0 bridgehead atoms. The summed E-state index contributed by atoms with van der Waals surface area (Å²) in [6.07, 6.45) is 0. The minimum Gasteiger partial charge on any atom is -1.00 e. The van der Waals surface area contributed by atoms with Gasteiger partial charge >= 0.3 is 0 Å². The maximum atomic E-state index is 9.62. The second-order valence-corrected chi connectivity index (χ2v) is 6.34. The molecule has 1 aromatic heterocycles. The van der Waals surface area contributed by atoms with Gasteiger partial charge in [0.15, 0.2) is 16.6 Å². The molecule has 0 atom stereocenters. The summed E-state index contributed by atoms with van der Waals surface area (Å²) < 4.78 is 6.32. The van der Waals surface area contributed by atoms with E-state index in [-0.39, 0.29) is 18.2 Å². The van der Waals surface area contributed by atoms with E-state index in [0.717, 1.165) is 16.2 Å². The van der Waals surface area contributed by atoms with Crippen LogP contribution in [0, 0.1) is 13.8 Å².